The quantitative estimate of drug-likeness (QED) is 0.312. The third-order valence-electron chi connectivity index (χ3n) is 7.32. The Morgan fingerprint density at radius 2 is 1.66 bits per heavy atom. The molecule has 5 heterocycles. The highest BCUT2D eigenvalue weighted by Crippen LogP contribution is 2.31. The molecule has 1 atom stereocenters. The summed E-state index contributed by atoms with van der Waals surface area (Å²) in [4.78, 5) is 15.7. The molecule has 0 aliphatic carbocycles. The number of benzene rings is 1. The van der Waals surface area contributed by atoms with Crippen molar-refractivity contribution in [2.45, 2.75) is 44.9 Å². The van der Waals surface area contributed by atoms with E-state index in [0.717, 1.165) is 34.3 Å². The van der Waals surface area contributed by atoms with Gasteiger partial charge >= 0.3 is 0 Å². The van der Waals surface area contributed by atoms with Crippen molar-refractivity contribution in [3.63, 3.8) is 0 Å². The van der Waals surface area contributed by atoms with E-state index in [0.29, 0.717) is 36.7 Å². The van der Waals surface area contributed by atoms with Gasteiger partial charge in [0, 0.05) is 54.6 Å². The van der Waals surface area contributed by atoms with Crippen molar-refractivity contribution in [1.82, 2.24) is 34.3 Å². The van der Waals surface area contributed by atoms with E-state index in [2.05, 4.69) is 42.2 Å². The van der Waals surface area contributed by atoms with Crippen molar-refractivity contribution < 1.29 is 14.6 Å². The van der Waals surface area contributed by atoms with Gasteiger partial charge in [0.05, 0.1) is 29.6 Å². The molecule has 4 aromatic heterocycles. The van der Waals surface area contributed by atoms with Gasteiger partial charge in [-0.2, -0.15) is 10.2 Å². The lowest BCUT2D eigenvalue weighted by molar-refractivity contribution is 0.0577. The highest BCUT2D eigenvalue weighted by Gasteiger charge is 2.27. The Hall–Kier alpha value is -4.48. The van der Waals surface area contributed by atoms with Crippen LogP contribution in [0.3, 0.4) is 0 Å². The maximum atomic E-state index is 13.3. The van der Waals surface area contributed by atoms with Crippen LogP contribution in [0.4, 0.5) is 10.3 Å². The van der Waals surface area contributed by atoms with Crippen molar-refractivity contribution in [2.24, 2.45) is 0 Å². The zero-order valence-corrected chi connectivity index (χ0v) is 23.1. The van der Waals surface area contributed by atoms with Crippen LogP contribution in [0.5, 0.6) is 0 Å². The zero-order chi connectivity index (χ0) is 28.8. The molecule has 0 spiro atoms. The molecule has 0 radical (unpaired) electrons. The molecule has 41 heavy (non-hydrogen) atoms. The average molecular weight is 555 g/mol. The van der Waals surface area contributed by atoms with E-state index < -0.39 is 11.2 Å². The highest BCUT2D eigenvalue weighted by molar-refractivity contribution is 5.80. The number of hydrogen-bond acceptors (Lipinski definition) is 8. The fourth-order valence-electron chi connectivity index (χ4n) is 5.07. The fraction of sp³-hybridized carbons (Fsp3) is 0.300. The summed E-state index contributed by atoms with van der Waals surface area (Å²) in [5, 5.41) is 30.0. The van der Waals surface area contributed by atoms with Gasteiger partial charge in [0.2, 0.25) is 5.95 Å². The Balaban J connectivity index is 1.19. The molecule has 11 heteroatoms. The van der Waals surface area contributed by atoms with Gasteiger partial charge in [0.1, 0.15) is 17.7 Å². The molecule has 1 aliphatic rings. The maximum Gasteiger partial charge on any atom is 0.225 e. The SMILES string of the molecule is CC(C)(O)Cn1cc(-c2cc3c(C4=CCN(c5ncc([C@@](C)(O)c6ccc(F)cc6)cn5)CC4)ncnn3c2)cn1. The predicted molar refractivity (Wildman–Crippen MR) is 152 cm³/mol. The van der Waals surface area contributed by atoms with Gasteiger partial charge in [-0.15, -0.1) is 0 Å². The molecule has 210 valence electrons. The number of hydrogen-bond donors (Lipinski definition) is 2. The lowest BCUT2D eigenvalue weighted by atomic mass is 9.90. The second-order valence-corrected chi connectivity index (χ2v) is 11.2. The molecule has 0 fully saturated rings. The van der Waals surface area contributed by atoms with Crippen LogP contribution in [0, 0.1) is 5.82 Å². The van der Waals surface area contributed by atoms with Crippen molar-refractivity contribution in [3.05, 3.63) is 96.4 Å². The molecule has 1 aromatic carbocycles. The van der Waals surface area contributed by atoms with Crippen LogP contribution in [-0.4, -0.2) is 63.3 Å². The summed E-state index contributed by atoms with van der Waals surface area (Å²) in [6.07, 6.45) is 13.3. The standard InChI is InChI=1S/C30H31FN8O2/c1-29(2,40)18-38-16-22(13-35-38)21-12-26-27(34-19-36-39(26)17-21)20-8-10-37(11-9-20)28-32-14-24(15-33-28)30(3,41)23-4-6-25(31)7-5-23/h4-8,12-17,19,40-41H,9-11,18H2,1-3H3/t30-/m0/s1. The molecule has 1 aliphatic heterocycles. The van der Waals surface area contributed by atoms with E-state index in [-0.39, 0.29) is 5.82 Å². The Labute approximate surface area is 236 Å². The molecule has 2 N–H and O–H groups in total. The molecular weight excluding hydrogens is 523 g/mol. The predicted octanol–water partition coefficient (Wildman–Crippen LogP) is 3.84. The molecule has 10 nitrogen and oxygen atoms in total. The summed E-state index contributed by atoms with van der Waals surface area (Å²) >= 11 is 0. The molecule has 0 unspecified atom stereocenters. The first-order chi connectivity index (χ1) is 19.6. The number of aliphatic hydroxyl groups is 2. The van der Waals surface area contributed by atoms with Gasteiger partial charge < -0.3 is 15.1 Å². The number of rotatable bonds is 7. The molecular formula is C30H31FN8O2. The highest BCUT2D eigenvalue weighted by atomic mass is 19.1. The smallest absolute Gasteiger partial charge is 0.225 e. The molecule has 0 amide bonds. The second-order valence-electron chi connectivity index (χ2n) is 11.2. The van der Waals surface area contributed by atoms with Gasteiger partial charge in [-0.25, -0.2) is 23.9 Å². The second kappa shape index (κ2) is 10.2. The minimum absolute atomic E-state index is 0.357. The normalized spacial score (nSPS) is 15.7. The minimum atomic E-state index is -1.34. The van der Waals surface area contributed by atoms with Gasteiger partial charge in [-0.05, 0) is 56.5 Å². The van der Waals surface area contributed by atoms with E-state index in [9.17, 15) is 14.6 Å². The number of aromatic nitrogens is 7. The van der Waals surface area contributed by atoms with Gasteiger partial charge in [0.25, 0.3) is 0 Å². The molecule has 0 saturated heterocycles. The van der Waals surface area contributed by atoms with Crippen LogP contribution in [0.25, 0.3) is 22.2 Å². The largest absolute Gasteiger partial charge is 0.389 e. The van der Waals surface area contributed by atoms with Gasteiger partial charge in [-0.1, -0.05) is 18.2 Å². The van der Waals surface area contributed by atoms with Crippen LogP contribution in [-0.2, 0) is 12.1 Å². The van der Waals surface area contributed by atoms with Crippen molar-refractivity contribution in [2.75, 3.05) is 18.0 Å². The summed E-state index contributed by atoms with van der Waals surface area (Å²) in [7, 11) is 0. The Kier molecular flexibility index (Phi) is 6.63. The third-order valence-corrected chi connectivity index (χ3v) is 7.32. The van der Waals surface area contributed by atoms with Gasteiger partial charge in [0.15, 0.2) is 0 Å². The fourth-order valence-corrected chi connectivity index (χ4v) is 5.07. The first-order valence-electron chi connectivity index (χ1n) is 13.4. The minimum Gasteiger partial charge on any atom is -0.389 e. The van der Waals surface area contributed by atoms with E-state index in [1.807, 2.05) is 16.9 Å². The molecule has 0 bridgehead atoms. The maximum absolute atomic E-state index is 13.3. The topological polar surface area (TPSA) is 117 Å². The van der Waals surface area contributed by atoms with Crippen molar-refractivity contribution in [1.29, 1.82) is 0 Å². The summed E-state index contributed by atoms with van der Waals surface area (Å²) in [5.74, 6) is 0.212. The van der Waals surface area contributed by atoms with E-state index in [1.54, 1.807) is 62.5 Å². The van der Waals surface area contributed by atoms with Crippen molar-refractivity contribution >= 4 is 17.0 Å². The number of halogens is 1. The van der Waals surface area contributed by atoms with Crippen LogP contribution >= 0.6 is 0 Å². The first kappa shape index (κ1) is 26.7. The van der Waals surface area contributed by atoms with Crippen LogP contribution in [0.1, 0.15) is 44.0 Å². The van der Waals surface area contributed by atoms with Crippen LogP contribution in [0.2, 0.25) is 0 Å². The first-order valence-corrected chi connectivity index (χ1v) is 13.4. The summed E-state index contributed by atoms with van der Waals surface area (Å²) in [6.45, 7) is 6.86. The Morgan fingerprint density at radius 3 is 2.34 bits per heavy atom. The average Bonchev–Trinajstić information content (AvgIpc) is 3.59. The third kappa shape index (κ3) is 5.46. The molecule has 6 rings (SSSR count). The summed E-state index contributed by atoms with van der Waals surface area (Å²) in [5.41, 5.74) is 3.70. The molecule has 0 saturated carbocycles. The lowest BCUT2D eigenvalue weighted by Gasteiger charge is -2.28. The Morgan fingerprint density at radius 1 is 0.902 bits per heavy atom. The van der Waals surface area contributed by atoms with E-state index in [4.69, 9.17) is 0 Å². The zero-order valence-electron chi connectivity index (χ0n) is 23.1. The van der Waals surface area contributed by atoms with Gasteiger partial charge in [-0.3, -0.25) is 4.68 Å². The number of nitrogens with zero attached hydrogens (tertiary/aromatic N) is 8. The monoisotopic (exact) mass is 554 g/mol. The summed E-state index contributed by atoms with van der Waals surface area (Å²) in [6, 6.07) is 7.82. The lowest BCUT2D eigenvalue weighted by Crippen LogP contribution is -2.30. The van der Waals surface area contributed by atoms with Crippen LogP contribution in [0.15, 0.2) is 73.7 Å². The van der Waals surface area contributed by atoms with E-state index in [1.165, 1.54) is 12.1 Å². The van der Waals surface area contributed by atoms with E-state index >= 15 is 0 Å². The Bertz CT molecular complexity index is 1720. The summed E-state index contributed by atoms with van der Waals surface area (Å²) < 4.78 is 16.9. The number of fused-ring (bicyclic) bond motifs is 1. The molecule has 5 aromatic rings. The number of anilines is 1. The van der Waals surface area contributed by atoms with Crippen molar-refractivity contribution in [3.8, 4) is 11.1 Å². The van der Waals surface area contributed by atoms with Crippen LogP contribution < -0.4 is 4.90 Å².